The second kappa shape index (κ2) is 7.47. The summed E-state index contributed by atoms with van der Waals surface area (Å²) in [6.07, 6.45) is 1.60. The predicted octanol–water partition coefficient (Wildman–Crippen LogP) is 5.10. The van der Waals surface area contributed by atoms with Crippen molar-refractivity contribution in [3.05, 3.63) is 72.1 Å². The fraction of sp³-hybridized carbons (Fsp3) is 0.217. The fourth-order valence-electron chi connectivity index (χ4n) is 3.02. The van der Waals surface area contributed by atoms with Crippen LogP contribution in [-0.4, -0.2) is 17.7 Å². The summed E-state index contributed by atoms with van der Waals surface area (Å²) in [6.45, 7) is 6.70. The molecule has 4 rings (SSSR count). The standard InChI is InChI=1S/C23H23N3O3/c1-23(2,3)15-4-6-16(7-5-15)26-22(27)19-12-18(10-11-24-19)25-17-8-9-20-21(13-17)29-14-28-20/h4-13H,14H2,1-3H3,(H,24,25)(H,26,27). The number of fused-ring (bicyclic) bond motifs is 1. The molecule has 148 valence electrons. The molecule has 1 aliphatic rings. The maximum atomic E-state index is 12.6. The Morgan fingerprint density at radius 3 is 2.34 bits per heavy atom. The van der Waals surface area contributed by atoms with Gasteiger partial charge in [0.2, 0.25) is 6.79 Å². The van der Waals surface area contributed by atoms with E-state index in [1.165, 1.54) is 5.56 Å². The van der Waals surface area contributed by atoms with Gasteiger partial charge in [0.25, 0.3) is 5.91 Å². The van der Waals surface area contributed by atoms with Crippen molar-refractivity contribution < 1.29 is 14.3 Å². The van der Waals surface area contributed by atoms with Crippen LogP contribution < -0.4 is 20.1 Å². The molecular formula is C23H23N3O3. The van der Waals surface area contributed by atoms with Crippen molar-refractivity contribution in [3.63, 3.8) is 0 Å². The maximum absolute atomic E-state index is 12.6. The van der Waals surface area contributed by atoms with E-state index in [0.717, 1.165) is 22.8 Å². The van der Waals surface area contributed by atoms with E-state index in [0.29, 0.717) is 11.4 Å². The first kappa shape index (κ1) is 18.8. The van der Waals surface area contributed by atoms with Crippen molar-refractivity contribution in [2.45, 2.75) is 26.2 Å². The summed E-state index contributed by atoms with van der Waals surface area (Å²) in [4.78, 5) is 16.8. The van der Waals surface area contributed by atoms with Gasteiger partial charge in [-0.1, -0.05) is 32.9 Å². The third kappa shape index (κ3) is 4.32. The normalized spacial score (nSPS) is 12.5. The monoisotopic (exact) mass is 389 g/mol. The zero-order valence-corrected chi connectivity index (χ0v) is 16.7. The van der Waals surface area contributed by atoms with E-state index < -0.39 is 0 Å². The average Bonchev–Trinajstić information content (AvgIpc) is 3.16. The molecule has 0 aliphatic carbocycles. The Bertz CT molecular complexity index is 1040. The van der Waals surface area contributed by atoms with E-state index in [4.69, 9.17) is 9.47 Å². The Morgan fingerprint density at radius 1 is 0.897 bits per heavy atom. The number of aromatic nitrogens is 1. The Labute approximate surface area is 169 Å². The number of benzene rings is 2. The minimum absolute atomic E-state index is 0.0683. The molecule has 0 bridgehead atoms. The van der Waals surface area contributed by atoms with E-state index in [1.807, 2.05) is 42.5 Å². The Morgan fingerprint density at radius 2 is 1.59 bits per heavy atom. The van der Waals surface area contributed by atoms with Gasteiger partial charge in [-0.15, -0.1) is 0 Å². The van der Waals surface area contributed by atoms with Crippen molar-refractivity contribution in [2.75, 3.05) is 17.4 Å². The molecule has 0 spiro atoms. The maximum Gasteiger partial charge on any atom is 0.274 e. The smallest absolute Gasteiger partial charge is 0.274 e. The van der Waals surface area contributed by atoms with Crippen LogP contribution in [0.3, 0.4) is 0 Å². The summed E-state index contributed by atoms with van der Waals surface area (Å²) in [6, 6.07) is 17.0. The molecule has 1 amide bonds. The first-order valence-corrected chi connectivity index (χ1v) is 9.43. The molecule has 2 heterocycles. The zero-order valence-electron chi connectivity index (χ0n) is 16.7. The minimum Gasteiger partial charge on any atom is -0.454 e. The third-order valence-electron chi connectivity index (χ3n) is 4.66. The first-order chi connectivity index (χ1) is 13.9. The molecular weight excluding hydrogens is 366 g/mol. The Hall–Kier alpha value is -3.54. The van der Waals surface area contributed by atoms with Gasteiger partial charge in [0.05, 0.1) is 0 Å². The highest BCUT2D eigenvalue weighted by molar-refractivity contribution is 6.03. The number of carbonyl (C=O) groups is 1. The lowest BCUT2D eigenvalue weighted by Gasteiger charge is -2.19. The highest BCUT2D eigenvalue weighted by Gasteiger charge is 2.15. The number of hydrogen-bond donors (Lipinski definition) is 2. The lowest BCUT2D eigenvalue weighted by molar-refractivity contribution is 0.102. The summed E-state index contributed by atoms with van der Waals surface area (Å²) in [5, 5.41) is 6.16. The van der Waals surface area contributed by atoms with Crippen molar-refractivity contribution in [3.8, 4) is 11.5 Å². The SMILES string of the molecule is CC(C)(C)c1ccc(NC(=O)c2cc(Nc3ccc4c(c3)OCO4)ccn2)cc1. The van der Waals surface area contributed by atoms with Crippen LogP contribution in [0.4, 0.5) is 17.1 Å². The number of pyridine rings is 1. The van der Waals surface area contributed by atoms with Crippen LogP contribution in [0.5, 0.6) is 11.5 Å². The molecule has 2 aromatic carbocycles. The van der Waals surface area contributed by atoms with Crippen LogP contribution in [0.1, 0.15) is 36.8 Å². The van der Waals surface area contributed by atoms with Crippen LogP contribution >= 0.6 is 0 Å². The van der Waals surface area contributed by atoms with Gasteiger partial charge in [0.1, 0.15) is 5.69 Å². The van der Waals surface area contributed by atoms with Crippen molar-refractivity contribution >= 4 is 23.0 Å². The number of anilines is 3. The second-order valence-electron chi connectivity index (χ2n) is 7.90. The van der Waals surface area contributed by atoms with E-state index in [2.05, 4.69) is 36.4 Å². The minimum atomic E-state index is -0.261. The van der Waals surface area contributed by atoms with Gasteiger partial charge in [-0.3, -0.25) is 9.78 Å². The number of hydrogen-bond acceptors (Lipinski definition) is 5. The van der Waals surface area contributed by atoms with Gasteiger partial charge in [-0.2, -0.15) is 0 Å². The Kier molecular flexibility index (Phi) is 4.84. The van der Waals surface area contributed by atoms with Crippen LogP contribution in [0, 0.1) is 0 Å². The topological polar surface area (TPSA) is 72.5 Å². The summed E-state index contributed by atoms with van der Waals surface area (Å²) >= 11 is 0. The molecule has 1 aromatic heterocycles. The van der Waals surface area contributed by atoms with E-state index in [-0.39, 0.29) is 18.1 Å². The molecule has 1 aliphatic heterocycles. The van der Waals surface area contributed by atoms with Gasteiger partial charge in [0, 0.05) is 29.3 Å². The number of rotatable bonds is 4. The number of nitrogens with zero attached hydrogens (tertiary/aromatic N) is 1. The molecule has 0 atom stereocenters. The molecule has 0 saturated heterocycles. The quantitative estimate of drug-likeness (QED) is 0.649. The van der Waals surface area contributed by atoms with Gasteiger partial charge in [-0.05, 0) is 47.4 Å². The second-order valence-corrected chi connectivity index (χ2v) is 7.90. The number of carbonyl (C=O) groups excluding carboxylic acids is 1. The number of nitrogens with one attached hydrogen (secondary N) is 2. The number of amides is 1. The zero-order chi connectivity index (χ0) is 20.4. The van der Waals surface area contributed by atoms with Crippen molar-refractivity contribution in [1.82, 2.24) is 4.98 Å². The van der Waals surface area contributed by atoms with Crippen molar-refractivity contribution in [1.29, 1.82) is 0 Å². The van der Waals surface area contributed by atoms with Crippen LogP contribution in [0.15, 0.2) is 60.8 Å². The summed E-state index contributed by atoms with van der Waals surface area (Å²) in [5.41, 5.74) is 3.94. The van der Waals surface area contributed by atoms with Gasteiger partial charge < -0.3 is 20.1 Å². The molecule has 0 fully saturated rings. The molecule has 2 N–H and O–H groups in total. The molecule has 0 saturated carbocycles. The summed E-state index contributed by atoms with van der Waals surface area (Å²) in [5.74, 6) is 1.16. The largest absolute Gasteiger partial charge is 0.454 e. The van der Waals surface area contributed by atoms with Gasteiger partial charge in [-0.25, -0.2) is 0 Å². The predicted molar refractivity (Wildman–Crippen MR) is 113 cm³/mol. The average molecular weight is 389 g/mol. The molecule has 6 heteroatoms. The first-order valence-electron chi connectivity index (χ1n) is 9.43. The van der Waals surface area contributed by atoms with Gasteiger partial charge >= 0.3 is 0 Å². The lowest BCUT2D eigenvalue weighted by atomic mass is 9.87. The molecule has 3 aromatic rings. The fourth-order valence-corrected chi connectivity index (χ4v) is 3.02. The third-order valence-corrected chi connectivity index (χ3v) is 4.66. The van der Waals surface area contributed by atoms with E-state index >= 15 is 0 Å². The molecule has 0 unspecified atom stereocenters. The van der Waals surface area contributed by atoms with Crippen LogP contribution in [0.2, 0.25) is 0 Å². The van der Waals surface area contributed by atoms with E-state index in [9.17, 15) is 4.79 Å². The summed E-state index contributed by atoms with van der Waals surface area (Å²) in [7, 11) is 0. The highest BCUT2D eigenvalue weighted by atomic mass is 16.7. The summed E-state index contributed by atoms with van der Waals surface area (Å²) < 4.78 is 10.7. The lowest BCUT2D eigenvalue weighted by Crippen LogP contribution is -2.15. The van der Waals surface area contributed by atoms with E-state index in [1.54, 1.807) is 18.3 Å². The number of ether oxygens (including phenoxy) is 2. The van der Waals surface area contributed by atoms with Crippen LogP contribution in [-0.2, 0) is 5.41 Å². The van der Waals surface area contributed by atoms with Crippen molar-refractivity contribution in [2.24, 2.45) is 0 Å². The molecule has 6 nitrogen and oxygen atoms in total. The highest BCUT2D eigenvalue weighted by Crippen LogP contribution is 2.35. The Balaban J connectivity index is 1.46. The molecule has 29 heavy (non-hydrogen) atoms. The molecule has 0 radical (unpaired) electrons. The van der Waals surface area contributed by atoms with Crippen LogP contribution in [0.25, 0.3) is 0 Å². The van der Waals surface area contributed by atoms with Gasteiger partial charge in [0.15, 0.2) is 11.5 Å².